The standard InChI is InChI=1S/C23H22O6.C18H20O2/c1-23(2)11-10-15-16(29-23)12-17-19(20(15)26-4)21(27-5)18(22(24)28-17)13-6-8-14(25-3)9-7-13;1-18-9-8-14-13-5-3-12(19)10-11(13)2-4-15(14)16(18)6-7-17(18)20/h6-12H,1-5H3;3-5,10,14,16,19H,2,6-9H2,1H3. The smallest absolute Gasteiger partial charge is 0.347 e. The van der Waals surface area contributed by atoms with Gasteiger partial charge in [-0.05, 0) is 98.6 Å². The van der Waals surface area contributed by atoms with Crippen LogP contribution in [0.4, 0.5) is 0 Å². The molecule has 0 amide bonds. The van der Waals surface area contributed by atoms with Crippen LogP contribution in [0.15, 0.2) is 75.5 Å². The molecule has 3 aliphatic carbocycles. The van der Waals surface area contributed by atoms with Gasteiger partial charge in [-0.25, -0.2) is 4.79 Å². The van der Waals surface area contributed by atoms with Crippen LogP contribution in [-0.4, -0.2) is 37.8 Å². The lowest BCUT2D eigenvalue weighted by Crippen LogP contribution is -2.37. The molecule has 4 aromatic rings. The van der Waals surface area contributed by atoms with E-state index < -0.39 is 11.2 Å². The van der Waals surface area contributed by atoms with Gasteiger partial charge >= 0.3 is 5.63 Å². The van der Waals surface area contributed by atoms with E-state index in [1.807, 2.05) is 32.1 Å². The molecule has 2 heterocycles. The van der Waals surface area contributed by atoms with Crippen molar-refractivity contribution in [3.8, 4) is 39.9 Å². The van der Waals surface area contributed by atoms with Gasteiger partial charge in [0.1, 0.15) is 56.7 Å². The lowest BCUT2D eigenvalue weighted by Gasteiger charge is -2.43. The Balaban J connectivity index is 0.000000165. The predicted molar refractivity (Wildman–Crippen MR) is 189 cm³/mol. The number of hydrogen-bond acceptors (Lipinski definition) is 8. The third-order valence-corrected chi connectivity index (χ3v) is 10.8. The van der Waals surface area contributed by atoms with Gasteiger partial charge < -0.3 is 28.5 Å². The molecular formula is C41H42O8. The van der Waals surface area contributed by atoms with E-state index in [2.05, 4.69) is 19.1 Å². The second-order valence-electron chi connectivity index (χ2n) is 14.1. The molecule has 3 aromatic carbocycles. The minimum absolute atomic E-state index is 0.100. The van der Waals surface area contributed by atoms with Crippen molar-refractivity contribution in [2.75, 3.05) is 21.3 Å². The van der Waals surface area contributed by atoms with E-state index >= 15 is 0 Å². The van der Waals surface area contributed by atoms with Crippen LogP contribution in [0.3, 0.4) is 0 Å². The number of phenolic OH excluding ortho intramolecular Hbond substituents is 1. The summed E-state index contributed by atoms with van der Waals surface area (Å²) in [6.45, 7) is 6.08. The summed E-state index contributed by atoms with van der Waals surface area (Å²) in [5.74, 6) is 3.95. The number of ketones is 1. The Labute approximate surface area is 286 Å². The number of carbonyl (C=O) groups is 1. The summed E-state index contributed by atoms with van der Waals surface area (Å²) in [6, 6.07) is 14.6. The van der Waals surface area contributed by atoms with Crippen molar-refractivity contribution in [2.24, 2.45) is 11.3 Å². The zero-order valence-electron chi connectivity index (χ0n) is 28.8. The van der Waals surface area contributed by atoms with Gasteiger partial charge in [0.05, 0.1) is 26.9 Å². The molecule has 4 aliphatic rings. The molecule has 0 saturated heterocycles. The first-order valence-electron chi connectivity index (χ1n) is 16.8. The normalized spacial score (nSPS) is 22.7. The topological polar surface area (TPSA) is 104 Å². The van der Waals surface area contributed by atoms with E-state index in [0.717, 1.165) is 37.7 Å². The van der Waals surface area contributed by atoms with Crippen molar-refractivity contribution in [3.05, 3.63) is 93.4 Å². The first kappa shape index (κ1) is 32.6. The van der Waals surface area contributed by atoms with E-state index in [-0.39, 0.29) is 5.41 Å². The Morgan fingerprint density at radius 2 is 1.65 bits per heavy atom. The predicted octanol–water partition coefficient (Wildman–Crippen LogP) is 8.41. The summed E-state index contributed by atoms with van der Waals surface area (Å²) in [5, 5.41) is 10.2. The number of Topliss-reactive ketones (excluding diaryl/α,β-unsaturated/α-hetero) is 1. The number of aromatic hydroxyl groups is 1. The van der Waals surface area contributed by atoms with Gasteiger partial charge in [0, 0.05) is 23.8 Å². The van der Waals surface area contributed by atoms with E-state index in [9.17, 15) is 14.7 Å². The molecule has 8 heteroatoms. The van der Waals surface area contributed by atoms with E-state index in [0.29, 0.717) is 68.5 Å². The molecule has 0 spiro atoms. The van der Waals surface area contributed by atoms with Crippen LogP contribution in [0.5, 0.6) is 28.7 Å². The van der Waals surface area contributed by atoms with Crippen molar-refractivity contribution in [2.45, 2.75) is 64.4 Å². The highest BCUT2D eigenvalue weighted by molar-refractivity contribution is 5.99. The lowest BCUT2D eigenvalue weighted by molar-refractivity contribution is -0.126. The minimum Gasteiger partial charge on any atom is -0.508 e. The molecule has 1 N–H and O–H groups in total. The van der Waals surface area contributed by atoms with Gasteiger partial charge in [-0.1, -0.05) is 36.8 Å². The summed E-state index contributed by atoms with van der Waals surface area (Å²) < 4.78 is 28.3. The summed E-state index contributed by atoms with van der Waals surface area (Å²) >= 11 is 0. The number of benzene rings is 3. The van der Waals surface area contributed by atoms with E-state index in [1.54, 1.807) is 50.6 Å². The molecule has 8 nitrogen and oxygen atoms in total. The first-order chi connectivity index (χ1) is 23.5. The number of methoxy groups -OCH3 is 3. The van der Waals surface area contributed by atoms with Crippen LogP contribution >= 0.6 is 0 Å². The van der Waals surface area contributed by atoms with Crippen molar-refractivity contribution >= 4 is 22.8 Å². The molecule has 0 bridgehead atoms. The molecule has 3 unspecified atom stereocenters. The van der Waals surface area contributed by atoms with Crippen LogP contribution in [-0.2, 0) is 11.2 Å². The van der Waals surface area contributed by atoms with Gasteiger partial charge in [0.25, 0.3) is 0 Å². The summed E-state index contributed by atoms with van der Waals surface area (Å²) in [5.41, 5.74) is 5.14. The fraction of sp³-hybridized carbons (Fsp3) is 0.366. The second kappa shape index (κ2) is 12.2. The largest absolute Gasteiger partial charge is 0.508 e. The summed E-state index contributed by atoms with van der Waals surface area (Å²) in [4.78, 5) is 25.1. The molecule has 3 atom stereocenters. The van der Waals surface area contributed by atoms with Gasteiger partial charge in [-0.2, -0.15) is 0 Å². The average Bonchev–Trinajstić information content (AvgIpc) is 3.40. The van der Waals surface area contributed by atoms with Crippen molar-refractivity contribution in [1.29, 1.82) is 0 Å². The maximum atomic E-state index is 12.9. The van der Waals surface area contributed by atoms with Crippen LogP contribution in [0, 0.1) is 11.3 Å². The first-order valence-corrected chi connectivity index (χ1v) is 16.8. The van der Waals surface area contributed by atoms with E-state index in [1.165, 1.54) is 23.8 Å². The highest BCUT2D eigenvalue weighted by Gasteiger charge is 2.52. The van der Waals surface area contributed by atoms with Gasteiger partial charge in [0.2, 0.25) is 0 Å². The molecule has 49 heavy (non-hydrogen) atoms. The molecule has 0 radical (unpaired) electrons. The van der Waals surface area contributed by atoms with Gasteiger partial charge in [-0.3, -0.25) is 4.79 Å². The molecule has 8 rings (SSSR count). The monoisotopic (exact) mass is 662 g/mol. The minimum atomic E-state index is -0.507. The zero-order valence-corrected chi connectivity index (χ0v) is 28.8. The number of fused-ring (bicyclic) bond motifs is 7. The number of rotatable bonds is 4. The van der Waals surface area contributed by atoms with E-state index in [4.69, 9.17) is 23.4 Å². The third kappa shape index (κ3) is 5.47. The molecule has 2 saturated carbocycles. The second-order valence-corrected chi connectivity index (χ2v) is 14.1. The van der Waals surface area contributed by atoms with Crippen LogP contribution in [0.2, 0.25) is 0 Å². The van der Waals surface area contributed by atoms with Crippen LogP contribution < -0.4 is 24.6 Å². The Hall–Kier alpha value is -4.98. The summed E-state index contributed by atoms with van der Waals surface area (Å²) in [7, 11) is 4.68. The maximum Gasteiger partial charge on any atom is 0.347 e. The SMILES string of the molecule is CC12CCC3C(=CCc4cc(O)ccc43)C1CCC2=O.COc1ccc(-c2c(OC)c3c(OC)c4c(cc3oc2=O)OC(C)(C)C=C4)cc1. The third-order valence-electron chi connectivity index (χ3n) is 10.8. The van der Waals surface area contributed by atoms with Crippen molar-refractivity contribution in [1.82, 2.24) is 0 Å². The Kier molecular flexibility index (Phi) is 8.08. The highest BCUT2D eigenvalue weighted by Crippen LogP contribution is 2.58. The fourth-order valence-corrected chi connectivity index (χ4v) is 8.29. The molecule has 254 valence electrons. The van der Waals surface area contributed by atoms with Crippen LogP contribution in [0.1, 0.15) is 69.1 Å². The molecule has 1 aliphatic heterocycles. The molecule has 2 fully saturated rings. The van der Waals surface area contributed by atoms with Crippen molar-refractivity contribution < 1.29 is 33.3 Å². The fourth-order valence-electron chi connectivity index (χ4n) is 8.29. The van der Waals surface area contributed by atoms with Crippen molar-refractivity contribution in [3.63, 3.8) is 0 Å². The average molecular weight is 663 g/mol. The summed E-state index contributed by atoms with van der Waals surface area (Å²) in [6.07, 6.45) is 11.0. The Morgan fingerprint density at radius 3 is 2.37 bits per heavy atom. The Bertz CT molecular complexity index is 2080. The number of hydrogen-bond donors (Lipinski definition) is 1. The number of allylic oxidation sites excluding steroid dienone is 2. The lowest BCUT2D eigenvalue weighted by atomic mass is 9.60. The number of phenols is 1. The van der Waals surface area contributed by atoms with Gasteiger partial charge in [-0.15, -0.1) is 0 Å². The van der Waals surface area contributed by atoms with Crippen LogP contribution in [0.25, 0.3) is 28.2 Å². The number of ether oxygens (including phenoxy) is 4. The highest BCUT2D eigenvalue weighted by atomic mass is 16.5. The van der Waals surface area contributed by atoms with Gasteiger partial charge in [0.15, 0.2) is 0 Å². The number of carbonyl (C=O) groups excluding carboxylic acids is 1. The quantitative estimate of drug-likeness (QED) is 0.172. The molecular weight excluding hydrogens is 620 g/mol. The maximum absolute atomic E-state index is 12.9. The molecule has 1 aromatic heterocycles. The zero-order chi connectivity index (χ0) is 34.7. The Morgan fingerprint density at radius 1 is 0.898 bits per heavy atom.